The summed E-state index contributed by atoms with van der Waals surface area (Å²) in [5, 5.41) is 19.5. The molecular weight excluding hydrogens is 423 g/mol. The van der Waals surface area contributed by atoms with E-state index in [9.17, 15) is 23.4 Å². The lowest BCUT2D eigenvalue weighted by Crippen LogP contribution is -2.39. The van der Waals surface area contributed by atoms with Crippen molar-refractivity contribution in [3.8, 4) is 22.5 Å². The molecule has 0 aliphatic rings. The molecule has 0 spiro atoms. The Morgan fingerprint density at radius 3 is 2.56 bits per heavy atom. The molecule has 3 heterocycles. The quantitative estimate of drug-likeness (QED) is 0.445. The van der Waals surface area contributed by atoms with Gasteiger partial charge in [-0.1, -0.05) is 12.1 Å². The van der Waals surface area contributed by atoms with Crippen LogP contribution < -0.4 is 5.73 Å². The van der Waals surface area contributed by atoms with Gasteiger partial charge in [0.25, 0.3) is 0 Å². The highest BCUT2D eigenvalue weighted by atomic mass is 19.4. The molecule has 0 aliphatic carbocycles. The number of benzene rings is 1. The van der Waals surface area contributed by atoms with Crippen LogP contribution in [-0.2, 0) is 12.2 Å². The normalized spacial score (nSPS) is 14.0. The van der Waals surface area contributed by atoms with Crippen molar-refractivity contribution in [2.24, 2.45) is 0 Å². The summed E-state index contributed by atoms with van der Waals surface area (Å²) in [4.78, 5) is 12.7. The summed E-state index contributed by atoms with van der Waals surface area (Å²) < 4.78 is 41.8. The van der Waals surface area contributed by atoms with E-state index in [-0.39, 0.29) is 18.0 Å². The Bertz CT molecular complexity index is 1310. The van der Waals surface area contributed by atoms with Gasteiger partial charge in [0.15, 0.2) is 17.1 Å². The van der Waals surface area contributed by atoms with Crippen LogP contribution in [0.3, 0.4) is 0 Å². The van der Waals surface area contributed by atoms with E-state index in [1.54, 1.807) is 29.7 Å². The van der Waals surface area contributed by atoms with Crippen LogP contribution in [0.15, 0.2) is 48.9 Å². The second kappa shape index (κ2) is 7.57. The first-order chi connectivity index (χ1) is 15.0. The van der Waals surface area contributed by atoms with Gasteiger partial charge in [0.2, 0.25) is 0 Å². The van der Waals surface area contributed by atoms with Crippen molar-refractivity contribution in [2.75, 3.05) is 5.73 Å². The molecule has 3 aromatic heterocycles. The third-order valence-corrected chi connectivity index (χ3v) is 5.42. The third-order valence-electron chi connectivity index (χ3n) is 5.42. The minimum atomic E-state index is -4.84. The molecule has 1 atom stereocenters. The van der Waals surface area contributed by atoms with Crippen molar-refractivity contribution < 1.29 is 23.4 Å². The Morgan fingerprint density at radius 2 is 1.88 bits per heavy atom. The molecule has 0 fully saturated rings. The number of aryl methyl sites for hydroxylation is 1. The fraction of sp³-hybridized carbons (Fsp3) is 0.227. The van der Waals surface area contributed by atoms with Crippen molar-refractivity contribution >= 4 is 11.5 Å². The van der Waals surface area contributed by atoms with Gasteiger partial charge in [-0.2, -0.15) is 13.2 Å². The molecule has 0 bridgehead atoms. The summed E-state index contributed by atoms with van der Waals surface area (Å²) in [6.07, 6.45) is -0.146. The highest BCUT2D eigenvalue weighted by Gasteiger charge is 2.51. The monoisotopic (exact) mass is 443 g/mol. The number of hydrogen-bond donors (Lipinski definition) is 3. The summed E-state index contributed by atoms with van der Waals surface area (Å²) >= 11 is 0. The number of aliphatic hydroxyl groups excluding tert-OH is 1. The van der Waals surface area contributed by atoms with Gasteiger partial charge in [0.1, 0.15) is 0 Å². The van der Waals surface area contributed by atoms with Gasteiger partial charge in [-0.05, 0) is 43.2 Å². The smallest absolute Gasteiger partial charge is 0.390 e. The van der Waals surface area contributed by atoms with E-state index in [1.165, 1.54) is 30.6 Å². The number of anilines is 1. The van der Waals surface area contributed by atoms with Gasteiger partial charge in [0.05, 0.1) is 29.9 Å². The van der Waals surface area contributed by atoms with Gasteiger partial charge >= 0.3 is 6.18 Å². The molecule has 0 saturated heterocycles. The molecule has 4 rings (SSSR count). The number of imidazole rings is 1. The molecule has 4 N–H and O–H groups in total. The lowest BCUT2D eigenvalue weighted by molar-refractivity contribution is -0.258. The van der Waals surface area contributed by atoms with Crippen LogP contribution >= 0.6 is 0 Å². The van der Waals surface area contributed by atoms with Gasteiger partial charge in [-0.3, -0.25) is 9.38 Å². The number of rotatable bonds is 4. The van der Waals surface area contributed by atoms with Crippen LogP contribution in [-0.4, -0.2) is 35.7 Å². The van der Waals surface area contributed by atoms with Crippen molar-refractivity contribution in [3.63, 3.8) is 0 Å². The molecule has 4 aromatic rings. The van der Waals surface area contributed by atoms with E-state index >= 15 is 0 Å². The molecule has 1 aromatic carbocycles. The topological polar surface area (TPSA) is 110 Å². The Kier molecular flexibility index (Phi) is 5.14. The zero-order valence-corrected chi connectivity index (χ0v) is 17.2. The Morgan fingerprint density at radius 1 is 1.12 bits per heavy atom. The van der Waals surface area contributed by atoms with E-state index in [0.717, 1.165) is 6.92 Å². The van der Waals surface area contributed by atoms with Crippen molar-refractivity contribution in [2.45, 2.75) is 32.2 Å². The maximum atomic E-state index is 13.4. The highest BCUT2D eigenvalue weighted by molar-refractivity contribution is 5.74. The second-order valence-electron chi connectivity index (χ2n) is 7.64. The maximum absolute atomic E-state index is 13.4. The number of hydrogen-bond acceptors (Lipinski definition) is 6. The number of halogens is 3. The van der Waals surface area contributed by atoms with Crippen LogP contribution in [0.25, 0.3) is 28.2 Å². The van der Waals surface area contributed by atoms with Gasteiger partial charge in [0, 0.05) is 23.5 Å². The third kappa shape index (κ3) is 3.57. The zero-order chi connectivity index (χ0) is 23.3. The molecule has 166 valence electrons. The molecule has 0 radical (unpaired) electrons. The number of fused-ring (bicyclic) bond motifs is 1. The number of pyridine rings is 1. The fourth-order valence-corrected chi connectivity index (χ4v) is 3.44. The number of alkyl halides is 3. The van der Waals surface area contributed by atoms with Crippen molar-refractivity contribution in [3.05, 3.63) is 65.7 Å². The summed E-state index contributed by atoms with van der Waals surface area (Å²) in [5.74, 6) is 0.132. The summed E-state index contributed by atoms with van der Waals surface area (Å²) in [7, 11) is 0. The van der Waals surface area contributed by atoms with E-state index in [1.807, 2.05) is 0 Å². The summed E-state index contributed by atoms with van der Waals surface area (Å²) in [5.41, 5.74) is 6.36. The van der Waals surface area contributed by atoms with Crippen LogP contribution in [0.1, 0.15) is 23.7 Å². The minimum absolute atomic E-state index is 0.132. The standard InChI is InChI=1S/C22H20F3N5O2/c1-12-3-4-14(21(2,32)22(23,24)25)8-16(12)18-9-28-20-19(26)29-17(10-30(18)20)13-5-6-27-15(7-13)11-31/h3-10,31-32H,11H2,1-2H3,(H2,26,29)/t21-/m0/s1. The minimum Gasteiger partial charge on any atom is -0.390 e. The van der Waals surface area contributed by atoms with Crippen LogP contribution in [0.5, 0.6) is 0 Å². The average molecular weight is 443 g/mol. The van der Waals surface area contributed by atoms with Crippen molar-refractivity contribution in [1.82, 2.24) is 19.4 Å². The number of nitrogens with two attached hydrogens (primary N) is 1. The van der Waals surface area contributed by atoms with Crippen molar-refractivity contribution in [1.29, 1.82) is 0 Å². The number of nitrogens with zero attached hydrogens (tertiary/aromatic N) is 4. The predicted octanol–water partition coefficient (Wildman–Crippen LogP) is 3.61. The van der Waals surface area contributed by atoms with Crippen LogP contribution in [0, 0.1) is 6.92 Å². The summed E-state index contributed by atoms with van der Waals surface area (Å²) in [6, 6.07) is 7.45. The highest BCUT2D eigenvalue weighted by Crippen LogP contribution is 2.40. The number of nitrogen functional groups attached to an aromatic ring is 1. The largest absolute Gasteiger partial charge is 0.421 e. The van der Waals surface area contributed by atoms with E-state index in [0.29, 0.717) is 39.4 Å². The van der Waals surface area contributed by atoms with Crippen LogP contribution in [0.2, 0.25) is 0 Å². The summed E-state index contributed by atoms with van der Waals surface area (Å²) in [6.45, 7) is 2.23. The molecule has 32 heavy (non-hydrogen) atoms. The van der Waals surface area contributed by atoms with Crippen LogP contribution in [0.4, 0.5) is 19.0 Å². The predicted molar refractivity (Wildman–Crippen MR) is 112 cm³/mol. The van der Waals surface area contributed by atoms with E-state index in [2.05, 4.69) is 15.0 Å². The Labute approximate surface area is 181 Å². The fourth-order valence-electron chi connectivity index (χ4n) is 3.44. The molecule has 0 unspecified atom stereocenters. The Hall–Kier alpha value is -3.50. The maximum Gasteiger partial charge on any atom is 0.421 e. The van der Waals surface area contributed by atoms with E-state index in [4.69, 9.17) is 5.73 Å². The molecule has 7 nitrogen and oxygen atoms in total. The SMILES string of the molecule is Cc1ccc([C@](C)(O)C(F)(F)F)cc1-c1cnc2c(N)nc(-c3ccnc(CO)c3)cn12. The molecule has 0 saturated carbocycles. The van der Waals surface area contributed by atoms with Gasteiger partial charge < -0.3 is 15.9 Å². The molecule has 10 heteroatoms. The first kappa shape index (κ1) is 21.7. The molecule has 0 aliphatic heterocycles. The van der Waals surface area contributed by atoms with Gasteiger partial charge in [-0.25, -0.2) is 9.97 Å². The number of aliphatic hydroxyl groups is 2. The Balaban J connectivity index is 1.91. The first-order valence-corrected chi connectivity index (χ1v) is 9.63. The van der Waals surface area contributed by atoms with E-state index < -0.39 is 11.8 Å². The second-order valence-corrected chi connectivity index (χ2v) is 7.64. The first-order valence-electron chi connectivity index (χ1n) is 9.63. The molecular formula is C22H20F3N5O2. The molecule has 0 amide bonds. The zero-order valence-electron chi connectivity index (χ0n) is 17.2. The number of aromatic nitrogens is 4. The average Bonchev–Trinajstić information content (AvgIpc) is 3.17. The van der Waals surface area contributed by atoms with Gasteiger partial charge in [-0.15, -0.1) is 0 Å². The lowest BCUT2D eigenvalue weighted by atomic mass is 9.91. The lowest BCUT2D eigenvalue weighted by Gasteiger charge is -2.27.